The fourth-order valence-corrected chi connectivity index (χ4v) is 2.84. The molecule has 3 aromatic heterocycles. The molecule has 142 valence electrons. The van der Waals surface area contributed by atoms with E-state index in [2.05, 4.69) is 25.5 Å². The zero-order valence-electron chi connectivity index (χ0n) is 15.3. The smallest absolute Gasteiger partial charge is 0.249 e. The molecule has 2 N–H and O–H groups in total. The van der Waals surface area contributed by atoms with Crippen LogP contribution >= 0.6 is 0 Å². The number of anilines is 1. The van der Waals surface area contributed by atoms with Crippen molar-refractivity contribution in [3.63, 3.8) is 0 Å². The molecule has 9 heteroatoms. The second kappa shape index (κ2) is 7.39. The highest BCUT2D eigenvalue weighted by molar-refractivity contribution is 5.90. The molecule has 0 saturated heterocycles. The van der Waals surface area contributed by atoms with E-state index in [1.54, 1.807) is 32.4 Å². The Balaban J connectivity index is 1.48. The van der Waals surface area contributed by atoms with Crippen molar-refractivity contribution in [1.82, 2.24) is 24.6 Å². The van der Waals surface area contributed by atoms with Crippen LogP contribution in [0, 0.1) is 0 Å². The molecule has 0 radical (unpaired) electrons. The van der Waals surface area contributed by atoms with Gasteiger partial charge >= 0.3 is 0 Å². The number of nitrogens with one attached hydrogen (secondary N) is 2. The van der Waals surface area contributed by atoms with Gasteiger partial charge in [-0.3, -0.25) is 15.2 Å². The maximum absolute atomic E-state index is 12.3. The number of benzene rings is 1. The molecule has 4 aromatic rings. The fourth-order valence-electron chi connectivity index (χ4n) is 2.84. The molecule has 0 saturated carbocycles. The Hall–Kier alpha value is -3.88. The van der Waals surface area contributed by atoms with Gasteiger partial charge in [0, 0.05) is 18.5 Å². The normalized spacial score (nSPS) is 10.8. The molecule has 28 heavy (non-hydrogen) atoms. The van der Waals surface area contributed by atoms with E-state index in [9.17, 15) is 4.79 Å². The van der Waals surface area contributed by atoms with Gasteiger partial charge in [0.1, 0.15) is 17.1 Å². The number of carbonyl (C=O) groups is 1. The Morgan fingerprint density at radius 2 is 2.07 bits per heavy atom. The fraction of sp³-hybridized carbons (Fsp3) is 0.158. The Kier molecular flexibility index (Phi) is 4.63. The molecule has 0 fully saturated rings. The highest BCUT2D eigenvalue weighted by atomic mass is 16.5. The third-order valence-corrected chi connectivity index (χ3v) is 4.16. The average Bonchev–Trinajstić information content (AvgIpc) is 3.33. The summed E-state index contributed by atoms with van der Waals surface area (Å²) in [6.07, 6.45) is 3.82. The minimum atomic E-state index is -0.254. The lowest BCUT2D eigenvalue weighted by Crippen LogP contribution is -2.15. The van der Waals surface area contributed by atoms with Crippen LogP contribution in [-0.4, -0.2) is 44.7 Å². The zero-order valence-corrected chi connectivity index (χ0v) is 15.3. The highest BCUT2D eigenvalue weighted by Gasteiger charge is 2.14. The lowest BCUT2D eigenvalue weighted by molar-refractivity contribution is -0.115. The molecule has 9 nitrogen and oxygen atoms in total. The SMILES string of the molecule is COc1ccc(-c2nc(NC(=O)Cc3cn4ccccc4n3)n[nH]2)c(OC)c1. The van der Waals surface area contributed by atoms with Gasteiger partial charge in [-0.05, 0) is 24.3 Å². The molecule has 0 aliphatic carbocycles. The first-order valence-electron chi connectivity index (χ1n) is 8.53. The van der Waals surface area contributed by atoms with E-state index in [-0.39, 0.29) is 18.3 Å². The molecule has 3 heterocycles. The highest BCUT2D eigenvalue weighted by Crippen LogP contribution is 2.31. The van der Waals surface area contributed by atoms with E-state index in [0.29, 0.717) is 28.6 Å². The van der Waals surface area contributed by atoms with Gasteiger partial charge in [-0.2, -0.15) is 4.98 Å². The Bertz CT molecular complexity index is 1100. The van der Waals surface area contributed by atoms with Crippen molar-refractivity contribution in [2.75, 3.05) is 19.5 Å². The van der Waals surface area contributed by atoms with E-state index < -0.39 is 0 Å². The molecule has 0 aliphatic heterocycles. The van der Waals surface area contributed by atoms with Crippen molar-refractivity contribution in [3.8, 4) is 22.9 Å². The molecule has 0 aliphatic rings. The van der Waals surface area contributed by atoms with E-state index in [1.165, 1.54) is 0 Å². The largest absolute Gasteiger partial charge is 0.497 e. The van der Waals surface area contributed by atoms with Crippen LogP contribution < -0.4 is 14.8 Å². The van der Waals surface area contributed by atoms with Crippen LogP contribution in [0.2, 0.25) is 0 Å². The lowest BCUT2D eigenvalue weighted by Gasteiger charge is -2.07. The van der Waals surface area contributed by atoms with E-state index in [1.807, 2.05) is 35.0 Å². The van der Waals surface area contributed by atoms with Crippen molar-refractivity contribution >= 4 is 17.5 Å². The summed E-state index contributed by atoms with van der Waals surface area (Å²) in [5, 5.41) is 9.54. The molecule has 0 bridgehead atoms. The molecule has 1 amide bonds. The number of hydrogen-bond acceptors (Lipinski definition) is 6. The molecule has 0 spiro atoms. The number of H-pyrrole nitrogens is 1. The summed E-state index contributed by atoms with van der Waals surface area (Å²) in [4.78, 5) is 21.1. The molecule has 1 aromatic carbocycles. The summed E-state index contributed by atoms with van der Waals surface area (Å²) in [6, 6.07) is 11.0. The number of hydrogen-bond donors (Lipinski definition) is 2. The molecular formula is C19H18N6O3. The number of pyridine rings is 1. The maximum Gasteiger partial charge on any atom is 0.249 e. The van der Waals surface area contributed by atoms with Crippen LogP contribution in [0.5, 0.6) is 11.5 Å². The monoisotopic (exact) mass is 378 g/mol. The van der Waals surface area contributed by atoms with Crippen molar-refractivity contribution in [2.45, 2.75) is 6.42 Å². The molecular weight excluding hydrogens is 360 g/mol. The first-order valence-corrected chi connectivity index (χ1v) is 8.53. The van der Waals surface area contributed by atoms with Crippen LogP contribution in [0.4, 0.5) is 5.95 Å². The lowest BCUT2D eigenvalue weighted by atomic mass is 10.2. The zero-order chi connectivity index (χ0) is 19.5. The van der Waals surface area contributed by atoms with Crippen molar-refractivity contribution < 1.29 is 14.3 Å². The summed E-state index contributed by atoms with van der Waals surface area (Å²) in [6.45, 7) is 0. The Labute approximate surface area is 160 Å². The minimum absolute atomic E-state index is 0.122. The average molecular weight is 378 g/mol. The summed E-state index contributed by atoms with van der Waals surface area (Å²) < 4.78 is 12.4. The van der Waals surface area contributed by atoms with Crippen LogP contribution in [0.1, 0.15) is 5.69 Å². The third-order valence-electron chi connectivity index (χ3n) is 4.16. The van der Waals surface area contributed by atoms with Crippen LogP contribution in [-0.2, 0) is 11.2 Å². The predicted octanol–water partition coefficient (Wildman–Crippen LogP) is 2.32. The number of amides is 1. The van der Waals surface area contributed by atoms with Gasteiger partial charge in [0.05, 0.1) is 31.9 Å². The topological polar surface area (TPSA) is 106 Å². The number of fused-ring (bicyclic) bond motifs is 1. The van der Waals surface area contributed by atoms with Crippen LogP contribution in [0.15, 0.2) is 48.8 Å². The van der Waals surface area contributed by atoms with Gasteiger partial charge < -0.3 is 13.9 Å². The second-order valence-electron chi connectivity index (χ2n) is 6.00. The number of aromatic nitrogens is 5. The van der Waals surface area contributed by atoms with Crippen LogP contribution in [0.25, 0.3) is 17.0 Å². The summed E-state index contributed by atoms with van der Waals surface area (Å²) >= 11 is 0. The molecule has 0 atom stereocenters. The number of aromatic amines is 1. The number of methoxy groups -OCH3 is 2. The standard InChI is InChI=1S/C19H18N6O3/c1-27-13-6-7-14(15(10-13)28-2)18-22-19(24-23-18)21-17(26)9-12-11-25-8-4-3-5-16(25)20-12/h3-8,10-11H,9H2,1-2H3,(H2,21,22,23,24,26). The summed E-state index contributed by atoms with van der Waals surface area (Å²) in [5.41, 5.74) is 2.16. The number of nitrogens with zero attached hydrogens (tertiary/aromatic N) is 4. The van der Waals surface area contributed by atoms with Gasteiger partial charge in [-0.25, -0.2) is 4.98 Å². The van der Waals surface area contributed by atoms with Gasteiger partial charge in [-0.15, -0.1) is 5.10 Å². The quantitative estimate of drug-likeness (QED) is 0.533. The van der Waals surface area contributed by atoms with Gasteiger partial charge in [0.25, 0.3) is 0 Å². The number of imidazole rings is 1. The minimum Gasteiger partial charge on any atom is -0.497 e. The maximum atomic E-state index is 12.3. The first-order chi connectivity index (χ1) is 13.7. The van der Waals surface area contributed by atoms with E-state index in [4.69, 9.17) is 9.47 Å². The predicted molar refractivity (Wildman–Crippen MR) is 102 cm³/mol. The van der Waals surface area contributed by atoms with Crippen molar-refractivity contribution in [2.24, 2.45) is 0 Å². The van der Waals surface area contributed by atoms with E-state index >= 15 is 0 Å². The third kappa shape index (κ3) is 3.50. The summed E-state index contributed by atoms with van der Waals surface area (Å²) in [7, 11) is 3.14. The Morgan fingerprint density at radius 1 is 1.18 bits per heavy atom. The molecule has 4 rings (SSSR count). The summed E-state index contributed by atoms with van der Waals surface area (Å²) in [5.74, 6) is 1.65. The second-order valence-corrected chi connectivity index (χ2v) is 6.00. The van der Waals surface area contributed by atoms with Crippen LogP contribution in [0.3, 0.4) is 0 Å². The van der Waals surface area contributed by atoms with Crippen molar-refractivity contribution in [3.05, 3.63) is 54.5 Å². The Morgan fingerprint density at radius 3 is 2.86 bits per heavy atom. The van der Waals surface area contributed by atoms with Crippen molar-refractivity contribution in [1.29, 1.82) is 0 Å². The number of ether oxygens (including phenoxy) is 2. The number of carbonyl (C=O) groups excluding carboxylic acids is 1. The first kappa shape index (κ1) is 17.5. The van der Waals surface area contributed by atoms with Gasteiger partial charge in [0.2, 0.25) is 11.9 Å². The number of rotatable bonds is 6. The van der Waals surface area contributed by atoms with Gasteiger partial charge in [0.15, 0.2) is 5.82 Å². The van der Waals surface area contributed by atoms with Gasteiger partial charge in [-0.1, -0.05) is 6.07 Å². The van der Waals surface area contributed by atoms with E-state index in [0.717, 1.165) is 5.65 Å². The molecule has 0 unspecified atom stereocenters.